The fraction of sp³-hybridized carbons (Fsp3) is 0.348. The molecule has 0 spiro atoms. The number of methoxy groups -OCH3 is 1. The van der Waals surface area contributed by atoms with E-state index in [1.54, 1.807) is 12.1 Å². The molecule has 2 amide bonds. The maximum Gasteiger partial charge on any atom is 0.419 e. The number of nitrogens with zero attached hydrogens (tertiary/aromatic N) is 1. The first kappa shape index (κ1) is 23.9. The zero-order valence-electron chi connectivity index (χ0n) is 18.3. The van der Waals surface area contributed by atoms with Gasteiger partial charge in [-0.2, -0.15) is 13.2 Å². The molecule has 2 unspecified atom stereocenters. The van der Waals surface area contributed by atoms with Crippen molar-refractivity contribution in [3.05, 3.63) is 52.3 Å². The molecule has 3 aromatic rings. The molecule has 2 atom stereocenters. The van der Waals surface area contributed by atoms with Gasteiger partial charge in [-0.3, -0.25) is 9.59 Å². The molecule has 34 heavy (non-hydrogen) atoms. The number of thiazole rings is 1. The van der Waals surface area contributed by atoms with Gasteiger partial charge in [0.15, 0.2) is 0 Å². The molecule has 4 rings (SSSR count). The number of fused-ring (bicyclic) bond motifs is 1. The van der Waals surface area contributed by atoms with Crippen LogP contribution in [0.25, 0.3) is 10.2 Å². The first-order chi connectivity index (χ1) is 16.1. The Morgan fingerprint density at radius 2 is 1.94 bits per heavy atom. The van der Waals surface area contributed by atoms with Crippen LogP contribution in [0.15, 0.2) is 30.3 Å². The molecule has 180 valence electrons. The zero-order chi connectivity index (χ0) is 24.6. The van der Waals surface area contributed by atoms with Crippen LogP contribution in [0.2, 0.25) is 0 Å². The SMILES string of the molecule is COc1ccc2nc(C)sc2c1C(=O)NC1CCCC1C(=O)Nc1ccc(F)c(C(F)(F)F)c1. The second-order valence-electron chi connectivity index (χ2n) is 8.02. The average Bonchev–Trinajstić information content (AvgIpc) is 3.38. The summed E-state index contributed by atoms with van der Waals surface area (Å²) >= 11 is 1.35. The highest BCUT2D eigenvalue weighted by Gasteiger charge is 2.37. The average molecular weight is 495 g/mol. The third-order valence-electron chi connectivity index (χ3n) is 5.78. The van der Waals surface area contributed by atoms with Crippen molar-refractivity contribution in [3.63, 3.8) is 0 Å². The number of amides is 2. The van der Waals surface area contributed by atoms with Crippen molar-refractivity contribution >= 4 is 39.1 Å². The second kappa shape index (κ2) is 9.21. The van der Waals surface area contributed by atoms with Crippen LogP contribution in [0.4, 0.5) is 23.2 Å². The van der Waals surface area contributed by atoms with Gasteiger partial charge in [0.05, 0.1) is 33.8 Å². The summed E-state index contributed by atoms with van der Waals surface area (Å²) in [6.07, 6.45) is -3.25. The third kappa shape index (κ3) is 4.70. The number of hydrogen-bond acceptors (Lipinski definition) is 5. The van der Waals surface area contributed by atoms with Gasteiger partial charge in [0.1, 0.15) is 17.1 Å². The number of nitrogens with one attached hydrogen (secondary N) is 2. The molecule has 1 aliphatic rings. The monoisotopic (exact) mass is 495 g/mol. The summed E-state index contributed by atoms with van der Waals surface area (Å²) in [4.78, 5) is 30.5. The largest absolute Gasteiger partial charge is 0.496 e. The molecule has 1 aliphatic carbocycles. The summed E-state index contributed by atoms with van der Waals surface area (Å²) in [5.74, 6) is -2.66. The maximum absolute atomic E-state index is 13.6. The standard InChI is InChI=1S/C23H21F4N3O3S/c1-11-28-17-8-9-18(33-2)19(20(17)34-11)22(32)30-16-5-3-4-13(16)21(31)29-12-6-7-15(24)14(10-12)23(25,26)27/h6-10,13,16H,3-5H2,1-2H3,(H,29,31)(H,30,32). The van der Waals surface area contributed by atoms with Gasteiger partial charge < -0.3 is 15.4 Å². The Bertz CT molecular complexity index is 1260. The number of carbonyl (C=O) groups is 2. The minimum Gasteiger partial charge on any atom is -0.496 e. The molecule has 0 saturated heterocycles. The molecule has 1 aromatic heterocycles. The van der Waals surface area contributed by atoms with Crippen LogP contribution in [0.3, 0.4) is 0 Å². The van der Waals surface area contributed by atoms with Crippen molar-refractivity contribution in [1.29, 1.82) is 0 Å². The summed E-state index contributed by atoms with van der Waals surface area (Å²) < 4.78 is 58.6. The van der Waals surface area contributed by atoms with Crippen LogP contribution in [-0.2, 0) is 11.0 Å². The van der Waals surface area contributed by atoms with Gasteiger partial charge in [-0.15, -0.1) is 11.3 Å². The fourth-order valence-corrected chi connectivity index (χ4v) is 5.17. The third-order valence-corrected chi connectivity index (χ3v) is 6.79. The lowest BCUT2D eigenvalue weighted by molar-refractivity contribution is -0.140. The van der Waals surface area contributed by atoms with Crippen molar-refractivity contribution in [3.8, 4) is 5.75 Å². The molecule has 0 radical (unpaired) electrons. The Balaban J connectivity index is 1.53. The molecule has 2 N–H and O–H groups in total. The van der Waals surface area contributed by atoms with Gasteiger partial charge in [-0.05, 0) is 50.1 Å². The van der Waals surface area contributed by atoms with E-state index in [4.69, 9.17) is 4.74 Å². The van der Waals surface area contributed by atoms with Gasteiger partial charge in [0.25, 0.3) is 5.91 Å². The van der Waals surface area contributed by atoms with Crippen LogP contribution >= 0.6 is 11.3 Å². The van der Waals surface area contributed by atoms with E-state index in [1.165, 1.54) is 18.4 Å². The minimum absolute atomic E-state index is 0.165. The van der Waals surface area contributed by atoms with E-state index < -0.39 is 41.3 Å². The second-order valence-corrected chi connectivity index (χ2v) is 9.23. The smallest absolute Gasteiger partial charge is 0.419 e. The minimum atomic E-state index is -4.89. The van der Waals surface area contributed by atoms with Crippen molar-refractivity contribution in [2.45, 2.75) is 38.4 Å². The van der Waals surface area contributed by atoms with E-state index in [9.17, 15) is 27.2 Å². The van der Waals surface area contributed by atoms with Crippen LogP contribution in [0.5, 0.6) is 5.75 Å². The summed E-state index contributed by atoms with van der Waals surface area (Å²) in [6, 6.07) is 5.19. The van der Waals surface area contributed by atoms with Crippen molar-refractivity contribution in [2.24, 2.45) is 5.92 Å². The van der Waals surface area contributed by atoms with Crippen molar-refractivity contribution < 1.29 is 31.9 Å². The summed E-state index contributed by atoms with van der Waals surface area (Å²) in [7, 11) is 1.45. The first-order valence-corrected chi connectivity index (χ1v) is 11.3. The lowest BCUT2D eigenvalue weighted by atomic mass is 10.0. The number of hydrogen-bond donors (Lipinski definition) is 2. The molecule has 1 fully saturated rings. The number of carbonyl (C=O) groups excluding carboxylic acids is 2. The Hall–Kier alpha value is -3.21. The molecule has 11 heteroatoms. The summed E-state index contributed by atoms with van der Waals surface area (Å²) in [6.45, 7) is 1.83. The number of anilines is 1. The fourth-order valence-electron chi connectivity index (χ4n) is 4.21. The van der Waals surface area contributed by atoms with Crippen LogP contribution in [-0.4, -0.2) is 29.9 Å². The van der Waals surface area contributed by atoms with E-state index in [1.807, 2.05) is 6.92 Å². The molecule has 0 bridgehead atoms. The predicted molar refractivity (Wildman–Crippen MR) is 120 cm³/mol. The topological polar surface area (TPSA) is 80.3 Å². The highest BCUT2D eigenvalue weighted by Crippen LogP contribution is 2.35. The Kier molecular flexibility index (Phi) is 6.48. The van der Waals surface area contributed by atoms with Gasteiger partial charge >= 0.3 is 6.18 Å². The van der Waals surface area contributed by atoms with Gasteiger partial charge in [-0.1, -0.05) is 6.42 Å². The van der Waals surface area contributed by atoms with E-state index in [0.717, 1.165) is 11.1 Å². The van der Waals surface area contributed by atoms with E-state index >= 15 is 0 Å². The predicted octanol–water partition coefficient (Wildman–Crippen LogP) is 5.31. The Labute approximate surface area is 196 Å². The summed E-state index contributed by atoms with van der Waals surface area (Å²) in [5.41, 5.74) is -0.639. The zero-order valence-corrected chi connectivity index (χ0v) is 19.1. The Morgan fingerprint density at radius 1 is 1.18 bits per heavy atom. The molecule has 0 aliphatic heterocycles. The quantitative estimate of drug-likeness (QED) is 0.471. The molecular weight excluding hydrogens is 474 g/mol. The number of ether oxygens (including phenoxy) is 1. The first-order valence-electron chi connectivity index (χ1n) is 10.5. The number of benzene rings is 2. The van der Waals surface area contributed by atoms with Crippen LogP contribution < -0.4 is 15.4 Å². The van der Waals surface area contributed by atoms with E-state index in [2.05, 4.69) is 15.6 Å². The normalized spacial score (nSPS) is 18.2. The van der Waals surface area contributed by atoms with Gasteiger partial charge in [0.2, 0.25) is 5.91 Å². The number of aryl methyl sites for hydroxylation is 1. The van der Waals surface area contributed by atoms with Gasteiger partial charge in [0, 0.05) is 11.7 Å². The lowest BCUT2D eigenvalue weighted by Gasteiger charge is -2.21. The highest BCUT2D eigenvalue weighted by molar-refractivity contribution is 7.19. The highest BCUT2D eigenvalue weighted by atomic mass is 32.1. The lowest BCUT2D eigenvalue weighted by Crippen LogP contribution is -2.42. The molecule has 6 nitrogen and oxygen atoms in total. The van der Waals surface area contributed by atoms with Crippen LogP contribution in [0, 0.1) is 18.7 Å². The molecule has 1 saturated carbocycles. The van der Waals surface area contributed by atoms with Crippen LogP contribution in [0.1, 0.15) is 40.2 Å². The maximum atomic E-state index is 13.6. The number of rotatable bonds is 5. The van der Waals surface area contributed by atoms with Gasteiger partial charge in [-0.25, -0.2) is 9.37 Å². The summed E-state index contributed by atoms with van der Waals surface area (Å²) in [5, 5.41) is 6.11. The van der Waals surface area contributed by atoms with Crippen molar-refractivity contribution in [1.82, 2.24) is 10.3 Å². The number of halogens is 4. The number of alkyl halides is 3. The Morgan fingerprint density at radius 3 is 2.65 bits per heavy atom. The molecular formula is C23H21F4N3O3S. The van der Waals surface area contributed by atoms with Crippen molar-refractivity contribution in [2.75, 3.05) is 12.4 Å². The molecule has 1 heterocycles. The number of aromatic nitrogens is 1. The molecule has 2 aromatic carbocycles. The van der Waals surface area contributed by atoms with E-state index in [-0.39, 0.29) is 5.69 Å². The van der Waals surface area contributed by atoms with E-state index in [0.29, 0.717) is 52.9 Å².